The summed E-state index contributed by atoms with van der Waals surface area (Å²) in [6, 6.07) is 0. The van der Waals surface area contributed by atoms with Crippen LogP contribution in [0.25, 0.3) is 0 Å². The molecule has 0 amide bonds. The zero-order valence-electron chi connectivity index (χ0n) is 36.8. The number of rotatable bonds is 10. The molecule has 0 aromatic heterocycles. The Morgan fingerprint density at radius 3 is 1.33 bits per heavy atom. The van der Waals surface area contributed by atoms with Crippen LogP contribution in [0.5, 0.6) is 0 Å². The lowest BCUT2D eigenvalue weighted by atomic mass is 9.46. The summed E-state index contributed by atoms with van der Waals surface area (Å²) in [5.41, 5.74) is 0.276. The number of ketones is 4. The third kappa shape index (κ3) is 7.47. The normalized spacial score (nSPS) is 42.1. The fourth-order valence-electron chi connectivity index (χ4n) is 15.5. The lowest BCUT2D eigenvalue weighted by molar-refractivity contribution is -0.166. The molecule has 0 N–H and O–H groups in total. The van der Waals surface area contributed by atoms with Crippen molar-refractivity contribution in [1.29, 1.82) is 0 Å². The largest absolute Gasteiger partial charge is 0.458 e. The first-order chi connectivity index (χ1) is 28.8. The average Bonchev–Trinajstić information content (AvgIpc) is 3.74. The number of esters is 4. The van der Waals surface area contributed by atoms with Gasteiger partial charge in [0, 0.05) is 38.5 Å². The summed E-state index contributed by atoms with van der Waals surface area (Å²) in [5, 5.41) is 0. The second-order valence-corrected chi connectivity index (χ2v) is 21.2. The Kier molecular flexibility index (Phi) is 11.4. The van der Waals surface area contributed by atoms with Crippen LogP contribution in [0.15, 0.2) is 23.3 Å². The van der Waals surface area contributed by atoms with Crippen LogP contribution in [0.1, 0.15) is 138 Å². The SMILES string of the molecule is CC(=O)OCC(=O)[C@H]1CC[C@H]2[C@@H]3CC(OC(=O)CC(=O)OC4C[C@H]5[C@@H]6CC[C@H](C(=O)COC(C)=O)[C@@]6(C)CC[C@@H]5[C@@]5(C)CCC(=O)C=C45)C4=CC(=O)CC[C@]4(C)[C@H]3CC[C@]12C. The number of fused-ring (bicyclic) bond motifs is 10. The van der Waals surface area contributed by atoms with Gasteiger partial charge < -0.3 is 18.9 Å². The molecule has 0 heterocycles. The van der Waals surface area contributed by atoms with Crippen molar-refractivity contribution < 1.29 is 57.3 Å². The van der Waals surface area contributed by atoms with E-state index < -0.39 is 42.5 Å². The molecule has 0 aromatic carbocycles. The van der Waals surface area contributed by atoms with Crippen LogP contribution in [0.2, 0.25) is 0 Å². The zero-order valence-corrected chi connectivity index (χ0v) is 36.8. The lowest BCUT2D eigenvalue weighted by Gasteiger charge is -2.59. The highest BCUT2D eigenvalue weighted by Gasteiger charge is 2.64. The Bertz CT molecular complexity index is 1840. The van der Waals surface area contributed by atoms with Crippen LogP contribution in [0.3, 0.4) is 0 Å². The molecule has 8 aliphatic rings. The number of Topliss-reactive ketones (excluding diaryl/α,β-unsaturated/α-hetero) is 2. The van der Waals surface area contributed by atoms with Crippen molar-refractivity contribution in [3.63, 3.8) is 0 Å². The van der Waals surface area contributed by atoms with Crippen LogP contribution in [0.4, 0.5) is 0 Å². The summed E-state index contributed by atoms with van der Waals surface area (Å²) in [7, 11) is 0. The van der Waals surface area contributed by atoms with E-state index in [1.54, 1.807) is 12.2 Å². The van der Waals surface area contributed by atoms with Crippen molar-refractivity contribution in [2.45, 2.75) is 150 Å². The van der Waals surface area contributed by atoms with Gasteiger partial charge in [-0.3, -0.25) is 38.4 Å². The first-order valence-corrected chi connectivity index (χ1v) is 23.0. The van der Waals surface area contributed by atoms with E-state index in [-0.39, 0.29) is 105 Å². The predicted molar refractivity (Wildman–Crippen MR) is 219 cm³/mol. The van der Waals surface area contributed by atoms with Gasteiger partial charge >= 0.3 is 23.9 Å². The van der Waals surface area contributed by atoms with E-state index in [1.807, 2.05) is 0 Å². The second kappa shape index (κ2) is 16.0. The molecule has 2 unspecified atom stereocenters. The van der Waals surface area contributed by atoms with Crippen LogP contribution >= 0.6 is 0 Å². The van der Waals surface area contributed by atoms with Crippen LogP contribution < -0.4 is 0 Å². The Labute approximate surface area is 359 Å². The maximum absolute atomic E-state index is 13.9. The van der Waals surface area contributed by atoms with Gasteiger partial charge in [-0.25, -0.2) is 0 Å². The molecular formula is C49H64O12. The predicted octanol–water partition coefficient (Wildman–Crippen LogP) is 6.98. The number of hydrogen-bond donors (Lipinski definition) is 0. The third-order valence-electron chi connectivity index (χ3n) is 18.4. The summed E-state index contributed by atoms with van der Waals surface area (Å²) < 4.78 is 22.8. The Hall–Kier alpha value is -3.96. The Balaban J connectivity index is 0.984. The van der Waals surface area contributed by atoms with Crippen LogP contribution in [0, 0.1) is 69.0 Å². The molecule has 0 aromatic rings. The standard InChI is InChI=1S/C49H64O12/c1-26(50)58-24-40(54)36-9-7-32-30-21-42(38-19-28(52)11-15-48(38,5)34(30)13-17-46(32,36)3)60-44(56)23-45(57)61-43-22-31-33-8-10-37(41(55)25-59-27(2)51)47(33,4)18-14-35(31)49(6)16-12-29(53)20-39(43)49/h19-20,30-37,42-43H,7-18,21-25H2,1-6H3/t30-,31-,32-,33-,34-,35-,36+,37+,42?,43?,46-,47-,48+,49+/m0/s1. The maximum Gasteiger partial charge on any atom is 0.317 e. The molecule has 6 fully saturated rings. The number of carbonyl (C=O) groups is 8. The summed E-state index contributed by atoms with van der Waals surface area (Å²) in [4.78, 5) is 104. The van der Waals surface area contributed by atoms with Gasteiger partial charge in [0.25, 0.3) is 0 Å². The Morgan fingerprint density at radius 2 is 0.951 bits per heavy atom. The summed E-state index contributed by atoms with van der Waals surface area (Å²) in [5.74, 6) is -1.88. The van der Waals surface area contributed by atoms with Crippen molar-refractivity contribution in [2.75, 3.05) is 13.2 Å². The fourth-order valence-corrected chi connectivity index (χ4v) is 15.5. The smallest absolute Gasteiger partial charge is 0.317 e. The van der Waals surface area contributed by atoms with Gasteiger partial charge in [-0.1, -0.05) is 27.7 Å². The minimum absolute atomic E-state index is 0.000796. The van der Waals surface area contributed by atoms with E-state index in [9.17, 15) is 38.4 Å². The molecule has 0 radical (unpaired) electrons. The zero-order chi connectivity index (χ0) is 43.8. The van der Waals surface area contributed by atoms with E-state index in [4.69, 9.17) is 18.9 Å². The van der Waals surface area contributed by atoms with E-state index in [0.29, 0.717) is 51.4 Å². The highest BCUT2D eigenvalue weighted by molar-refractivity contribution is 5.94. The van der Waals surface area contributed by atoms with Gasteiger partial charge in [-0.05, 0) is 158 Å². The van der Waals surface area contributed by atoms with E-state index in [2.05, 4.69) is 27.7 Å². The van der Waals surface area contributed by atoms with Crippen molar-refractivity contribution >= 4 is 47.0 Å². The van der Waals surface area contributed by atoms with Gasteiger partial charge in [0.2, 0.25) is 0 Å². The monoisotopic (exact) mass is 844 g/mol. The van der Waals surface area contributed by atoms with Crippen molar-refractivity contribution in [3.8, 4) is 0 Å². The molecule has 12 heteroatoms. The molecule has 0 saturated heterocycles. The van der Waals surface area contributed by atoms with Gasteiger partial charge in [-0.2, -0.15) is 0 Å². The van der Waals surface area contributed by atoms with Crippen LogP contribution in [-0.4, -0.2) is 72.4 Å². The van der Waals surface area contributed by atoms with Crippen molar-refractivity contribution in [3.05, 3.63) is 23.3 Å². The molecule has 0 aliphatic heterocycles. The highest BCUT2D eigenvalue weighted by Crippen LogP contribution is 2.69. The van der Waals surface area contributed by atoms with Gasteiger partial charge in [0.05, 0.1) is 0 Å². The van der Waals surface area contributed by atoms with Gasteiger partial charge in [-0.15, -0.1) is 0 Å². The van der Waals surface area contributed by atoms with E-state index in [1.165, 1.54) is 13.8 Å². The molecule has 12 nitrogen and oxygen atoms in total. The van der Waals surface area contributed by atoms with E-state index >= 15 is 0 Å². The first-order valence-electron chi connectivity index (χ1n) is 23.0. The molecule has 6 saturated carbocycles. The number of hydrogen-bond acceptors (Lipinski definition) is 12. The average molecular weight is 845 g/mol. The first kappa shape index (κ1) is 43.7. The number of ether oxygens (including phenoxy) is 4. The molecule has 14 atom stereocenters. The molecule has 0 bridgehead atoms. The minimum atomic E-state index is -0.727. The minimum Gasteiger partial charge on any atom is -0.458 e. The Morgan fingerprint density at radius 1 is 0.557 bits per heavy atom. The summed E-state index contributed by atoms with van der Waals surface area (Å²) >= 11 is 0. The lowest BCUT2D eigenvalue weighted by Crippen LogP contribution is -2.55. The molecule has 61 heavy (non-hydrogen) atoms. The number of carbonyl (C=O) groups excluding carboxylic acids is 8. The quantitative estimate of drug-likeness (QED) is 0.126. The van der Waals surface area contributed by atoms with Gasteiger partial charge in [0.15, 0.2) is 23.1 Å². The second-order valence-electron chi connectivity index (χ2n) is 21.2. The van der Waals surface area contributed by atoms with E-state index in [0.717, 1.165) is 49.7 Å². The summed E-state index contributed by atoms with van der Waals surface area (Å²) in [6.45, 7) is 10.9. The summed E-state index contributed by atoms with van der Waals surface area (Å²) in [6.07, 6.45) is 10.9. The molecule has 332 valence electrons. The maximum atomic E-state index is 13.9. The fraction of sp³-hybridized carbons (Fsp3) is 0.755. The van der Waals surface area contributed by atoms with Crippen molar-refractivity contribution in [1.82, 2.24) is 0 Å². The van der Waals surface area contributed by atoms with Gasteiger partial charge in [0.1, 0.15) is 31.8 Å². The topological polar surface area (TPSA) is 173 Å². The molecular weight excluding hydrogens is 781 g/mol. The third-order valence-corrected chi connectivity index (χ3v) is 18.4. The molecule has 8 aliphatic carbocycles. The molecule has 8 rings (SSSR count). The van der Waals surface area contributed by atoms with Crippen LogP contribution in [-0.2, 0) is 57.3 Å². The molecule has 0 spiro atoms. The highest BCUT2D eigenvalue weighted by atomic mass is 16.6. The van der Waals surface area contributed by atoms with Crippen molar-refractivity contribution in [2.24, 2.45) is 69.0 Å².